The topological polar surface area (TPSA) is 32.3 Å². The second-order valence-electron chi connectivity index (χ2n) is 4.89. The number of phenolic OH excluding ortho intramolecular Hbond substituents is 1. The molecule has 2 unspecified atom stereocenters. The van der Waals surface area contributed by atoms with E-state index in [0.717, 1.165) is 5.56 Å². The number of rotatable bonds is 1. The van der Waals surface area contributed by atoms with E-state index in [4.69, 9.17) is 0 Å². The van der Waals surface area contributed by atoms with Crippen molar-refractivity contribution in [2.45, 2.75) is 43.7 Å². The second-order valence-corrected chi connectivity index (χ2v) is 4.89. The van der Waals surface area contributed by atoms with Crippen molar-refractivity contribution < 1.29 is 5.11 Å². The van der Waals surface area contributed by atoms with Crippen molar-refractivity contribution >= 4 is 0 Å². The van der Waals surface area contributed by atoms with E-state index >= 15 is 0 Å². The molecule has 2 aliphatic heterocycles. The van der Waals surface area contributed by atoms with Gasteiger partial charge in [-0.2, -0.15) is 0 Å². The first-order chi connectivity index (χ1) is 7.30. The van der Waals surface area contributed by atoms with Gasteiger partial charge in [0.2, 0.25) is 0 Å². The molecule has 80 valence electrons. The Morgan fingerprint density at radius 3 is 2.87 bits per heavy atom. The van der Waals surface area contributed by atoms with Crippen LogP contribution >= 0.6 is 0 Å². The van der Waals surface area contributed by atoms with Crippen LogP contribution in [0.5, 0.6) is 5.75 Å². The maximum absolute atomic E-state index is 9.90. The molecular formula is C13H17NO. The summed E-state index contributed by atoms with van der Waals surface area (Å²) in [5.74, 6) is 0.449. The molecule has 3 fully saturated rings. The molecule has 2 heterocycles. The third-order valence-corrected chi connectivity index (χ3v) is 3.90. The number of para-hydroxylation sites is 1. The second kappa shape index (κ2) is 3.24. The first-order valence-electron chi connectivity index (χ1n) is 5.86. The minimum Gasteiger partial charge on any atom is -0.508 e. The number of benzene rings is 1. The van der Waals surface area contributed by atoms with Gasteiger partial charge in [0.25, 0.3) is 0 Å². The van der Waals surface area contributed by atoms with E-state index in [1.165, 1.54) is 32.1 Å². The van der Waals surface area contributed by atoms with Crippen LogP contribution in [0.15, 0.2) is 24.3 Å². The zero-order valence-electron chi connectivity index (χ0n) is 8.87. The molecule has 2 atom stereocenters. The van der Waals surface area contributed by atoms with E-state index in [0.29, 0.717) is 11.8 Å². The Morgan fingerprint density at radius 1 is 1.27 bits per heavy atom. The Kier molecular flexibility index (Phi) is 1.99. The predicted molar refractivity (Wildman–Crippen MR) is 59.8 cm³/mol. The van der Waals surface area contributed by atoms with E-state index in [1.54, 1.807) is 6.07 Å². The molecule has 4 rings (SSSR count). The summed E-state index contributed by atoms with van der Waals surface area (Å²) >= 11 is 0. The molecule has 15 heavy (non-hydrogen) atoms. The van der Waals surface area contributed by atoms with Gasteiger partial charge in [-0.1, -0.05) is 31.0 Å². The third-order valence-electron chi connectivity index (χ3n) is 3.90. The van der Waals surface area contributed by atoms with Gasteiger partial charge in [0.15, 0.2) is 0 Å². The van der Waals surface area contributed by atoms with Crippen molar-refractivity contribution in [3.63, 3.8) is 0 Å². The van der Waals surface area contributed by atoms with Crippen LogP contribution in [0.25, 0.3) is 0 Å². The van der Waals surface area contributed by atoms with Gasteiger partial charge < -0.3 is 10.4 Å². The number of hydrogen-bond acceptors (Lipinski definition) is 2. The van der Waals surface area contributed by atoms with Gasteiger partial charge in [-0.25, -0.2) is 0 Å². The van der Waals surface area contributed by atoms with E-state index in [1.807, 2.05) is 12.1 Å². The lowest BCUT2D eigenvalue weighted by molar-refractivity contribution is 0.134. The van der Waals surface area contributed by atoms with E-state index in [-0.39, 0.29) is 5.54 Å². The lowest BCUT2D eigenvalue weighted by atomic mass is 9.74. The van der Waals surface area contributed by atoms with Crippen LogP contribution in [0.2, 0.25) is 0 Å². The monoisotopic (exact) mass is 203 g/mol. The summed E-state index contributed by atoms with van der Waals surface area (Å²) < 4.78 is 0. The lowest BCUT2D eigenvalue weighted by Gasteiger charge is -2.48. The van der Waals surface area contributed by atoms with Crippen LogP contribution in [-0.4, -0.2) is 11.1 Å². The fourth-order valence-corrected chi connectivity index (χ4v) is 3.16. The highest BCUT2D eigenvalue weighted by atomic mass is 16.3. The van der Waals surface area contributed by atoms with Gasteiger partial charge in [-0.15, -0.1) is 0 Å². The highest BCUT2D eigenvalue weighted by Crippen LogP contribution is 2.46. The summed E-state index contributed by atoms with van der Waals surface area (Å²) in [6.45, 7) is 0. The maximum Gasteiger partial charge on any atom is 0.120 e. The Morgan fingerprint density at radius 2 is 2.07 bits per heavy atom. The molecule has 2 heteroatoms. The van der Waals surface area contributed by atoms with Gasteiger partial charge in [-0.3, -0.25) is 0 Å². The molecule has 2 saturated heterocycles. The molecule has 0 spiro atoms. The highest BCUT2D eigenvalue weighted by Gasteiger charge is 2.46. The van der Waals surface area contributed by atoms with Gasteiger partial charge in [-0.05, 0) is 25.3 Å². The Labute approximate surface area is 90.3 Å². The number of aromatic hydroxyl groups is 1. The summed E-state index contributed by atoms with van der Waals surface area (Å²) in [6.07, 6.45) is 6.27. The van der Waals surface area contributed by atoms with Crippen molar-refractivity contribution in [3.8, 4) is 5.75 Å². The van der Waals surface area contributed by atoms with E-state index in [2.05, 4.69) is 11.4 Å². The van der Waals surface area contributed by atoms with Crippen molar-refractivity contribution in [1.82, 2.24) is 5.32 Å². The summed E-state index contributed by atoms with van der Waals surface area (Å²) in [4.78, 5) is 0. The first-order valence-corrected chi connectivity index (χ1v) is 5.86. The van der Waals surface area contributed by atoms with Crippen molar-refractivity contribution in [1.29, 1.82) is 0 Å². The average Bonchev–Trinajstić information content (AvgIpc) is 2.50. The average molecular weight is 203 g/mol. The number of nitrogens with one attached hydrogen (secondary N) is 1. The standard InChI is InChI=1S/C13H17NO/c15-12-7-2-1-6-11(12)13-8-4-3-5-10(9-13)14-13/h1-2,6-7,10,14-15H,3-5,8-9H2. The quantitative estimate of drug-likeness (QED) is 0.735. The number of fused-ring (bicyclic) bond motifs is 3. The molecule has 1 aliphatic carbocycles. The molecule has 2 N–H and O–H groups in total. The van der Waals surface area contributed by atoms with Gasteiger partial charge >= 0.3 is 0 Å². The fraction of sp³-hybridized carbons (Fsp3) is 0.538. The van der Waals surface area contributed by atoms with E-state index in [9.17, 15) is 5.11 Å². The fourth-order valence-electron chi connectivity index (χ4n) is 3.16. The van der Waals surface area contributed by atoms with Crippen molar-refractivity contribution in [2.24, 2.45) is 0 Å². The summed E-state index contributed by atoms with van der Waals surface area (Å²) in [5.41, 5.74) is 1.19. The minimum absolute atomic E-state index is 0.0898. The molecule has 1 aromatic rings. The molecule has 1 aromatic carbocycles. The van der Waals surface area contributed by atoms with Crippen LogP contribution in [-0.2, 0) is 5.54 Å². The molecule has 0 aromatic heterocycles. The highest BCUT2D eigenvalue weighted by molar-refractivity contribution is 5.40. The Balaban J connectivity index is 1.96. The smallest absolute Gasteiger partial charge is 0.120 e. The largest absolute Gasteiger partial charge is 0.508 e. The molecule has 0 radical (unpaired) electrons. The maximum atomic E-state index is 9.90. The molecule has 2 bridgehead atoms. The first kappa shape index (κ1) is 9.22. The number of phenols is 1. The Hall–Kier alpha value is -1.02. The van der Waals surface area contributed by atoms with Crippen LogP contribution in [0.1, 0.15) is 37.7 Å². The molecule has 3 aliphatic rings. The molecule has 0 amide bonds. The SMILES string of the molecule is Oc1ccccc1C12CCCCC(C1)N2. The van der Waals surface area contributed by atoms with Crippen LogP contribution in [0, 0.1) is 0 Å². The van der Waals surface area contributed by atoms with Crippen LogP contribution in [0.4, 0.5) is 0 Å². The molecule has 1 saturated carbocycles. The summed E-state index contributed by atoms with van der Waals surface area (Å²) in [6, 6.07) is 8.45. The Bertz CT molecular complexity index is 363. The van der Waals surface area contributed by atoms with Crippen molar-refractivity contribution in [3.05, 3.63) is 29.8 Å². The normalized spacial score (nSPS) is 34.3. The van der Waals surface area contributed by atoms with Crippen molar-refractivity contribution in [2.75, 3.05) is 0 Å². The molecule has 2 nitrogen and oxygen atoms in total. The van der Waals surface area contributed by atoms with E-state index < -0.39 is 0 Å². The number of hydrogen-bond donors (Lipinski definition) is 2. The van der Waals surface area contributed by atoms with Crippen LogP contribution in [0.3, 0.4) is 0 Å². The van der Waals surface area contributed by atoms with Gasteiger partial charge in [0, 0.05) is 17.1 Å². The predicted octanol–water partition coefficient (Wildman–Crippen LogP) is 2.52. The van der Waals surface area contributed by atoms with Gasteiger partial charge in [0.05, 0.1) is 0 Å². The summed E-state index contributed by atoms with van der Waals surface area (Å²) in [7, 11) is 0. The molecular weight excluding hydrogens is 186 g/mol. The summed E-state index contributed by atoms with van der Waals surface area (Å²) in [5, 5.41) is 13.6. The zero-order valence-corrected chi connectivity index (χ0v) is 8.87. The van der Waals surface area contributed by atoms with Crippen LogP contribution < -0.4 is 5.32 Å². The zero-order chi connectivity index (χ0) is 10.3. The lowest BCUT2D eigenvalue weighted by Crippen LogP contribution is -2.59. The van der Waals surface area contributed by atoms with Gasteiger partial charge in [0.1, 0.15) is 5.75 Å². The third kappa shape index (κ3) is 1.36. The minimum atomic E-state index is 0.0898.